The SMILES string of the molecule is O=[N+]([O-])c1cc2nonc2c2n[nH]nc12. The average molecular weight is 206 g/mol. The quantitative estimate of drug-likeness (QED) is 0.451. The summed E-state index contributed by atoms with van der Waals surface area (Å²) in [4.78, 5) is 10.2. The third-order valence-electron chi connectivity index (χ3n) is 2.00. The molecule has 3 aromatic rings. The first kappa shape index (κ1) is 7.79. The summed E-state index contributed by atoms with van der Waals surface area (Å²) in [6, 6.07) is 1.25. The van der Waals surface area contributed by atoms with Crippen LogP contribution in [0.4, 0.5) is 5.69 Å². The van der Waals surface area contributed by atoms with Gasteiger partial charge in [0.15, 0.2) is 16.6 Å². The minimum absolute atomic E-state index is 0.142. The number of aromatic nitrogens is 5. The van der Waals surface area contributed by atoms with Crippen LogP contribution >= 0.6 is 0 Å². The van der Waals surface area contributed by atoms with Gasteiger partial charge in [0.2, 0.25) is 0 Å². The summed E-state index contributed by atoms with van der Waals surface area (Å²) in [5.41, 5.74) is 0.873. The Morgan fingerprint density at radius 3 is 2.87 bits per heavy atom. The molecule has 2 aromatic heterocycles. The molecule has 0 radical (unpaired) electrons. The molecule has 0 aliphatic rings. The lowest BCUT2D eigenvalue weighted by atomic mass is 10.2. The predicted molar refractivity (Wildman–Crippen MR) is 45.9 cm³/mol. The van der Waals surface area contributed by atoms with Gasteiger partial charge in [0.1, 0.15) is 5.52 Å². The van der Waals surface area contributed by atoms with Crippen LogP contribution in [0.3, 0.4) is 0 Å². The molecular weight excluding hydrogens is 204 g/mol. The fourth-order valence-electron chi connectivity index (χ4n) is 1.37. The van der Waals surface area contributed by atoms with Crippen molar-refractivity contribution in [1.82, 2.24) is 25.7 Å². The number of nitro benzene ring substituents is 1. The Kier molecular flexibility index (Phi) is 1.28. The van der Waals surface area contributed by atoms with Crippen LogP contribution in [0.2, 0.25) is 0 Å². The van der Waals surface area contributed by atoms with Crippen LogP contribution in [-0.4, -0.2) is 30.6 Å². The fraction of sp³-hybridized carbons (Fsp3) is 0. The van der Waals surface area contributed by atoms with Gasteiger partial charge in [0, 0.05) is 0 Å². The molecule has 0 spiro atoms. The molecule has 1 aromatic carbocycles. The van der Waals surface area contributed by atoms with Crippen molar-refractivity contribution in [1.29, 1.82) is 0 Å². The zero-order chi connectivity index (χ0) is 10.4. The number of rotatable bonds is 1. The van der Waals surface area contributed by atoms with Crippen molar-refractivity contribution in [2.24, 2.45) is 0 Å². The summed E-state index contributed by atoms with van der Waals surface area (Å²) in [7, 11) is 0. The molecule has 0 unspecified atom stereocenters. The summed E-state index contributed by atoms with van der Waals surface area (Å²) in [5.74, 6) is 0. The first-order valence-corrected chi connectivity index (χ1v) is 3.87. The maximum absolute atomic E-state index is 10.7. The van der Waals surface area contributed by atoms with Gasteiger partial charge in [0.25, 0.3) is 0 Å². The molecule has 9 nitrogen and oxygen atoms in total. The minimum atomic E-state index is -0.557. The van der Waals surface area contributed by atoms with Crippen LogP contribution in [0.1, 0.15) is 0 Å². The Morgan fingerprint density at radius 1 is 1.27 bits per heavy atom. The normalized spacial score (nSPS) is 11.2. The molecule has 0 atom stereocenters. The van der Waals surface area contributed by atoms with E-state index in [0.29, 0.717) is 5.52 Å². The highest BCUT2D eigenvalue weighted by atomic mass is 16.6. The number of nitrogens with one attached hydrogen (secondary N) is 1. The molecule has 0 aliphatic heterocycles. The van der Waals surface area contributed by atoms with Gasteiger partial charge in [-0.1, -0.05) is 0 Å². The molecule has 0 amide bonds. The molecule has 0 saturated heterocycles. The number of non-ortho nitro benzene ring substituents is 1. The third kappa shape index (κ3) is 0.907. The molecule has 0 aliphatic carbocycles. The van der Waals surface area contributed by atoms with Crippen LogP contribution in [0.15, 0.2) is 10.7 Å². The number of aromatic amines is 1. The lowest BCUT2D eigenvalue weighted by Gasteiger charge is -1.90. The number of fused-ring (bicyclic) bond motifs is 3. The second-order valence-electron chi connectivity index (χ2n) is 2.81. The largest absolute Gasteiger partial charge is 0.301 e. The summed E-state index contributed by atoms with van der Waals surface area (Å²) >= 11 is 0. The van der Waals surface area contributed by atoms with E-state index < -0.39 is 4.92 Å². The van der Waals surface area contributed by atoms with Crippen LogP contribution in [0.5, 0.6) is 0 Å². The molecule has 9 heteroatoms. The molecule has 0 saturated carbocycles. The Morgan fingerprint density at radius 2 is 2.07 bits per heavy atom. The van der Waals surface area contributed by atoms with E-state index in [2.05, 4.69) is 30.4 Å². The van der Waals surface area contributed by atoms with Crippen molar-refractivity contribution in [3.8, 4) is 0 Å². The van der Waals surface area contributed by atoms with E-state index in [4.69, 9.17) is 0 Å². The molecule has 74 valence electrons. The first-order valence-electron chi connectivity index (χ1n) is 3.87. The van der Waals surface area contributed by atoms with Gasteiger partial charge >= 0.3 is 5.69 Å². The highest BCUT2D eigenvalue weighted by Gasteiger charge is 2.21. The minimum Gasteiger partial charge on any atom is -0.258 e. The van der Waals surface area contributed by atoms with Gasteiger partial charge in [-0.2, -0.15) is 10.3 Å². The average Bonchev–Trinajstić information content (AvgIpc) is 2.83. The van der Waals surface area contributed by atoms with Crippen LogP contribution in [0.25, 0.3) is 22.1 Å². The van der Waals surface area contributed by atoms with Crippen molar-refractivity contribution in [2.45, 2.75) is 0 Å². The van der Waals surface area contributed by atoms with E-state index >= 15 is 0 Å². The molecule has 15 heavy (non-hydrogen) atoms. The highest BCUT2D eigenvalue weighted by Crippen LogP contribution is 2.27. The topological polar surface area (TPSA) is 124 Å². The monoisotopic (exact) mass is 206 g/mol. The van der Waals surface area contributed by atoms with Crippen LogP contribution < -0.4 is 0 Å². The van der Waals surface area contributed by atoms with Crippen LogP contribution in [0, 0.1) is 10.1 Å². The lowest BCUT2D eigenvalue weighted by Crippen LogP contribution is -1.90. The van der Waals surface area contributed by atoms with Gasteiger partial charge in [-0.15, -0.1) is 5.10 Å². The van der Waals surface area contributed by atoms with E-state index in [0.717, 1.165) is 0 Å². The van der Waals surface area contributed by atoms with E-state index in [-0.39, 0.29) is 22.2 Å². The van der Waals surface area contributed by atoms with E-state index in [1.165, 1.54) is 6.07 Å². The number of H-pyrrole nitrogens is 1. The van der Waals surface area contributed by atoms with Crippen molar-refractivity contribution in [3.63, 3.8) is 0 Å². The predicted octanol–water partition coefficient (Wildman–Crippen LogP) is 0.402. The Bertz CT molecular complexity index is 670. The first-order chi connectivity index (χ1) is 7.27. The summed E-state index contributed by atoms with van der Waals surface area (Å²) in [6.07, 6.45) is 0. The second-order valence-corrected chi connectivity index (χ2v) is 2.81. The van der Waals surface area contributed by atoms with Gasteiger partial charge in [-0.3, -0.25) is 10.1 Å². The highest BCUT2D eigenvalue weighted by molar-refractivity contribution is 6.03. The standard InChI is InChI=1S/C6H2N6O3/c13-12(14)3-1-2-4(10-15-9-2)6-5(3)7-11-8-6/h1H,(H,7,8,11). The molecular formula is C6H2N6O3. The van der Waals surface area contributed by atoms with Crippen molar-refractivity contribution >= 4 is 27.8 Å². The smallest absolute Gasteiger partial charge is 0.258 e. The third-order valence-corrected chi connectivity index (χ3v) is 2.00. The molecule has 2 heterocycles. The van der Waals surface area contributed by atoms with E-state index in [1.54, 1.807) is 0 Å². The molecule has 0 bridgehead atoms. The van der Waals surface area contributed by atoms with E-state index in [9.17, 15) is 10.1 Å². The number of hydrogen-bond donors (Lipinski definition) is 1. The van der Waals surface area contributed by atoms with Gasteiger partial charge in [0.05, 0.1) is 11.0 Å². The number of benzene rings is 1. The summed E-state index contributed by atoms with van der Waals surface area (Å²) in [5, 5.41) is 27.6. The van der Waals surface area contributed by atoms with Crippen molar-refractivity contribution in [2.75, 3.05) is 0 Å². The molecule has 3 rings (SSSR count). The number of nitro groups is 1. The summed E-state index contributed by atoms with van der Waals surface area (Å²) in [6.45, 7) is 0. The molecule has 1 N–H and O–H groups in total. The Balaban J connectivity index is 2.59. The van der Waals surface area contributed by atoms with Crippen LogP contribution in [-0.2, 0) is 0 Å². The lowest BCUT2D eigenvalue weighted by molar-refractivity contribution is -0.383. The maximum Gasteiger partial charge on any atom is 0.301 e. The second kappa shape index (κ2) is 2.47. The van der Waals surface area contributed by atoms with Gasteiger partial charge in [-0.25, -0.2) is 4.63 Å². The van der Waals surface area contributed by atoms with Gasteiger partial charge in [-0.05, 0) is 10.3 Å². The van der Waals surface area contributed by atoms with Crippen molar-refractivity contribution in [3.05, 3.63) is 16.2 Å². The number of hydrogen-bond acceptors (Lipinski definition) is 7. The zero-order valence-corrected chi connectivity index (χ0v) is 7.04. The zero-order valence-electron chi connectivity index (χ0n) is 7.04. The Labute approximate surface area is 80.2 Å². The van der Waals surface area contributed by atoms with Crippen molar-refractivity contribution < 1.29 is 9.55 Å². The number of nitrogens with zero attached hydrogens (tertiary/aromatic N) is 5. The fourth-order valence-corrected chi connectivity index (χ4v) is 1.37. The summed E-state index contributed by atoms with van der Waals surface area (Å²) < 4.78 is 4.47. The van der Waals surface area contributed by atoms with E-state index in [1.807, 2.05) is 0 Å². The van der Waals surface area contributed by atoms with Gasteiger partial charge < -0.3 is 0 Å². The molecule has 0 fully saturated rings. The maximum atomic E-state index is 10.7. The Hall–Kier alpha value is -2.58.